The zero-order chi connectivity index (χ0) is 14.7. The zero-order valence-electron chi connectivity index (χ0n) is 11.5. The Morgan fingerprint density at radius 3 is 2.38 bits per heavy atom. The molecule has 0 spiro atoms. The maximum atomic E-state index is 12.2. The van der Waals surface area contributed by atoms with E-state index in [1.165, 1.54) is 0 Å². The first-order valence-electron chi connectivity index (χ1n) is 6.80. The van der Waals surface area contributed by atoms with E-state index in [-0.39, 0.29) is 5.78 Å². The second-order valence-electron chi connectivity index (χ2n) is 4.89. The topological polar surface area (TPSA) is 43.1 Å². The fourth-order valence-corrected chi connectivity index (χ4v) is 2.27. The first-order valence-corrected chi connectivity index (χ1v) is 6.80. The summed E-state index contributed by atoms with van der Waals surface area (Å²) >= 11 is 0. The molecule has 3 aromatic carbocycles. The molecule has 21 heavy (non-hydrogen) atoms. The summed E-state index contributed by atoms with van der Waals surface area (Å²) in [6, 6.07) is 21.2. The van der Waals surface area contributed by atoms with Crippen molar-refractivity contribution in [1.29, 1.82) is 0 Å². The van der Waals surface area contributed by atoms with Gasteiger partial charge in [0, 0.05) is 11.3 Å². The molecule has 0 fully saturated rings. The van der Waals surface area contributed by atoms with Crippen molar-refractivity contribution in [2.24, 2.45) is 0 Å². The van der Waals surface area contributed by atoms with Gasteiger partial charge in [0.2, 0.25) is 0 Å². The van der Waals surface area contributed by atoms with E-state index in [2.05, 4.69) is 0 Å². The standard InChI is InChI=1S/C19H15NO/c20-18-8-4-3-6-15(18)11-12-19(21)17-10-9-14-5-1-2-7-16(14)13-17/h1-13H,20H2/b12-11+. The number of para-hydroxylation sites is 1. The fraction of sp³-hybridized carbons (Fsp3) is 0. The molecule has 102 valence electrons. The molecule has 2 heteroatoms. The van der Waals surface area contributed by atoms with E-state index < -0.39 is 0 Å². The van der Waals surface area contributed by atoms with Gasteiger partial charge in [0.05, 0.1) is 0 Å². The SMILES string of the molecule is Nc1ccccc1/C=C/C(=O)c1ccc2ccccc2c1. The van der Waals surface area contributed by atoms with E-state index in [0.717, 1.165) is 16.3 Å². The lowest BCUT2D eigenvalue weighted by Gasteiger charge is -2.01. The molecule has 3 aromatic rings. The van der Waals surface area contributed by atoms with Crippen LogP contribution in [-0.2, 0) is 0 Å². The molecule has 0 bridgehead atoms. The third-order valence-electron chi connectivity index (χ3n) is 3.44. The lowest BCUT2D eigenvalue weighted by atomic mass is 10.0. The van der Waals surface area contributed by atoms with E-state index in [0.29, 0.717) is 11.3 Å². The van der Waals surface area contributed by atoms with Gasteiger partial charge in [-0.2, -0.15) is 0 Å². The Kier molecular flexibility index (Phi) is 3.52. The summed E-state index contributed by atoms with van der Waals surface area (Å²) in [4.78, 5) is 12.2. The van der Waals surface area contributed by atoms with Gasteiger partial charge in [0.1, 0.15) is 0 Å². The summed E-state index contributed by atoms with van der Waals surface area (Å²) in [5.41, 5.74) is 8.06. The average Bonchev–Trinajstić information content (AvgIpc) is 2.53. The van der Waals surface area contributed by atoms with E-state index in [1.807, 2.05) is 66.7 Å². The third kappa shape index (κ3) is 2.84. The Labute approximate surface area is 123 Å². The first kappa shape index (κ1) is 13.1. The molecule has 0 aliphatic rings. The molecule has 0 unspecified atom stereocenters. The van der Waals surface area contributed by atoms with Crippen molar-refractivity contribution in [2.45, 2.75) is 0 Å². The molecule has 0 aromatic heterocycles. The monoisotopic (exact) mass is 273 g/mol. The smallest absolute Gasteiger partial charge is 0.185 e. The van der Waals surface area contributed by atoms with Crippen molar-refractivity contribution >= 4 is 28.3 Å². The molecule has 0 atom stereocenters. The van der Waals surface area contributed by atoms with E-state index >= 15 is 0 Å². The van der Waals surface area contributed by atoms with Gasteiger partial charge in [0.25, 0.3) is 0 Å². The quantitative estimate of drug-likeness (QED) is 0.439. The number of ketones is 1. The molecule has 3 rings (SSSR count). The highest BCUT2D eigenvalue weighted by atomic mass is 16.1. The van der Waals surface area contributed by atoms with Crippen LogP contribution < -0.4 is 5.73 Å². The highest BCUT2D eigenvalue weighted by Crippen LogP contribution is 2.17. The summed E-state index contributed by atoms with van der Waals surface area (Å²) in [5, 5.41) is 2.20. The van der Waals surface area contributed by atoms with Gasteiger partial charge in [-0.15, -0.1) is 0 Å². The number of rotatable bonds is 3. The number of nitrogens with two attached hydrogens (primary N) is 1. The Morgan fingerprint density at radius 2 is 1.57 bits per heavy atom. The predicted molar refractivity (Wildman–Crippen MR) is 88.2 cm³/mol. The van der Waals surface area contributed by atoms with Crippen molar-refractivity contribution in [2.75, 3.05) is 5.73 Å². The van der Waals surface area contributed by atoms with Crippen LogP contribution in [0, 0.1) is 0 Å². The van der Waals surface area contributed by atoms with Gasteiger partial charge >= 0.3 is 0 Å². The lowest BCUT2D eigenvalue weighted by molar-refractivity contribution is 0.104. The number of fused-ring (bicyclic) bond motifs is 1. The summed E-state index contributed by atoms with van der Waals surface area (Å²) < 4.78 is 0. The van der Waals surface area contributed by atoms with Crippen molar-refractivity contribution in [3.8, 4) is 0 Å². The zero-order valence-corrected chi connectivity index (χ0v) is 11.5. The van der Waals surface area contributed by atoms with E-state index in [1.54, 1.807) is 12.2 Å². The second-order valence-corrected chi connectivity index (χ2v) is 4.89. The Balaban J connectivity index is 1.89. The molecule has 0 saturated heterocycles. The molecule has 0 radical (unpaired) electrons. The molecule has 2 N–H and O–H groups in total. The van der Waals surface area contributed by atoms with E-state index in [4.69, 9.17) is 5.73 Å². The van der Waals surface area contributed by atoms with Crippen LogP contribution >= 0.6 is 0 Å². The van der Waals surface area contributed by atoms with Gasteiger partial charge in [-0.1, -0.05) is 54.6 Å². The number of hydrogen-bond acceptors (Lipinski definition) is 2. The summed E-state index contributed by atoms with van der Waals surface area (Å²) in [7, 11) is 0. The summed E-state index contributed by atoms with van der Waals surface area (Å²) in [6.07, 6.45) is 3.32. The molecule has 0 aliphatic carbocycles. The van der Waals surface area contributed by atoms with Gasteiger partial charge < -0.3 is 5.73 Å². The molecular formula is C19H15NO. The number of carbonyl (C=O) groups excluding carboxylic acids is 1. The van der Waals surface area contributed by atoms with Crippen LogP contribution in [0.5, 0.6) is 0 Å². The summed E-state index contributed by atoms with van der Waals surface area (Å²) in [6.45, 7) is 0. The van der Waals surface area contributed by atoms with Gasteiger partial charge in [-0.05, 0) is 40.6 Å². The largest absolute Gasteiger partial charge is 0.398 e. The Hall–Kier alpha value is -2.87. The molecule has 0 amide bonds. The van der Waals surface area contributed by atoms with Crippen LogP contribution in [0.1, 0.15) is 15.9 Å². The average molecular weight is 273 g/mol. The third-order valence-corrected chi connectivity index (χ3v) is 3.44. The van der Waals surface area contributed by atoms with Crippen LogP contribution in [-0.4, -0.2) is 5.78 Å². The maximum Gasteiger partial charge on any atom is 0.185 e. The number of hydrogen-bond donors (Lipinski definition) is 1. The van der Waals surface area contributed by atoms with Crippen LogP contribution in [0.2, 0.25) is 0 Å². The second kappa shape index (κ2) is 5.63. The van der Waals surface area contributed by atoms with Crippen molar-refractivity contribution in [1.82, 2.24) is 0 Å². The number of nitrogen functional groups attached to an aromatic ring is 1. The van der Waals surface area contributed by atoms with Gasteiger partial charge in [-0.25, -0.2) is 0 Å². The Morgan fingerprint density at radius 1 is 0.857 bits per heavy atom. The number of anilines is 1. The lowest BCUT2D eigenvalue weighted by Crippen LogP contribution is -1.94. The summed E-state index contributed by atoms with van der Waals surface area (Å²) in [5.74, 6) is -0.0241. The highest BCUT2D eigenvalue weighted by Gasteiger charge is 2.03. The van der Waals surface area contributed by atoms with E-state index in [9.17, 15) is 4.79 Å². The van der Waals surface area contributed by atoms with Crippen LogP contribution in [0.4, 0.5) is 5.69 Å². The number of benzene rings is 3. The molecule has 0 aliphatic heterocycles. The van der Waals surface area contributed by atoms with Crippen LogP contribution in [0.15, 0.2) is 72.8 Å². The van der Waals surface area contributed by atoms with Gasteiger partial charge in [0.15, 0.2) is 5.78 Å². The molecule has 0 heterocycles. The highest BCUT2D eigenvalue weighted by molar-refractivity contribution is 6.08. The molecule has 2 nitrogen and oxygen atoms in total. The molecule has 0 saturated carbocycles. The minimum atomic E-state index is -0.0241. The predicted octanol–water partition coefficient (Wildman–Crippen LogP) is 4.32. The minimum absolute atomic E-state index is 0.0241. The minimum Gasteiger partial charge on any atom is -0.398 e. The first-order chi connectivity index (χ1) is 10.2. The van der Waals surface area contributed by atoms with Crippen molar-refractivity contribution in [3.05, 3.63) is 83.9 Å². The normalized spacial score (nSPS) is 11.0. The van der Waals surface area contributed by atoms with Gasteiger partial charge in [-0.3, -0.25) is 4.79 Å². The van der Waals surface area contributed by atoms with Crippen molar-refractivity contribution < 1.29 is 4.79 Å². The van der Waals surface area contributed by atoms with Crippen molar-refractivity contribution in [3.63, 3.8) is 0 Å². The number of allylic oxidation sites excluding steroid dienone is 1. The maximum absolute atomic E-state index is 12.2. The van der Waals surface area contributed by atoms with Crippen LogP contribution in [0.25, 0.3) is 16.8 Å². The number of carbonyl (C=O) groups is 1. The fourth-order valence-electron chi connectivity index (χ4n) is 2.27. The Bertz CT molecular complexity index is 834. The molecular weight excluding hydrogens is 258 g/mol. The van der Waals surface area contributed by atoms with Crippen LogP contribution in [0.3, 0.4) is 0 Å².